The minimum absolute atomic E-state index is 0.0282. The van der Waals surface area contributed by atoms with Crippen LogP contribution in [0.1, 0.15) is 61.1 Å². The van der Waals surface area contributed by atoms with E-state index in [9.17, 15) is 18.0 Å². The largest absolute Gasteiger partial charge is 0.452 e. The number of rotatable bonds is 6. The summed E-state index contributed by atoms with van der Waals surface area (Å²) in [5, 5.41) is 0.742. The first-order valence-corrected chi connectivity index (χ1v) is 13.2. The topological polar surface area (TPSA) is 93.6 Å². The van der Waals surface area contributed by atoms with Gasteiger partial charge in [-0.1, -0.05) is 25.1 Å². The summed E-state index contributed by atoms with van der Waals surface area (Å²) in [6.45, 7) is 3.46. The van der Waals surface area contributed by atoms with Crippen molar-refractivity contribution in [3.8, 4) is 0 Å². The molecule has 1 aliphatic carbocycles. The number of pyridine rings is 1. The molecule has 0 radical (unpaired) electrons. The highest BCUT2D eigenvalue weighted by Crippen LogP contribution is 2.30. The first-order valence-electron chi connectivity index (χ1n) is 11.4. The number of carbonyl (C=O) groups is 2. The molecule has 2 aliphatic rings. The average molecular weight is 459 g/mol. The van der Waals surface area contributed by atoms with Crippen LogP contribution >= 0.6 is 0 Å². The lowest BCUT2D eigenvalue weighted by molar-refractivity contribution is -0.138. The highest BCUT2D eigenvalue weighted by Gasteiger charge is 2.37. The van der Waals surface area contributed by atoms with Crippen LogP contribution in [0.15, 0.2) is 24.3 Å². The van der Waals surface area contributed by atoms with Crippen molar-refractivity contribution < 1.29 is 22.7 Å². The highest BCUT2D eigenvalue weighted by atomic mass is 32.2. The number of amides is 1. The van der Waals surface area contributed by atoms with E-state index < -0.39 is 22.4 Å². The molecule has 7 nitrogen and oxygen atoms in total. The fraction of sp³-hybridized carbons (Fsp3) is 0.542. The number of benzene rings is 1. The summed E-state index contributed by atoms with van der Waals surface area (Å²) in [4.78, 5) is 32.6. The molecular formula is C24H30N2O5S. The summed E-state index contributed by atoms with van der Waals surface area (Å²) < 4.78 is 29.5. The fourth-order valence-corrected chi connectivity index (χ4v) is 6.59. The van der Waals surface area contributed by atoms with E-state index >= 15 is 0 Å². The van der Waals surface area contributed by atoms with Crippen molar-refractivity contribution in [2.24, 2.45) is 0 Å². The van der Waals surface area contributed by atoms with E-state index in [2.05, 4.69) is 0 Å². The second-order valence-corrected chi connectivity index (χ2v) is 11.1. The Hall–Kier alpha value is -2.48. The molecule has 0 saturated carbocycles. The van der Waals surface area contributed by atoms with E-state index in [0.29, 0.717) is 18.4 Å². The van der Waals surface area contributed by atoms with Crippen molar-refractivity contribution in [1.29, 1.82) is 0 Å². The van der Waals surface area contributed by atoms with Crippen LogP contribution in [0, 0.1) is 0 Å². The normalized spacial score (nSPS) is 20.5. The van der Waals surface area contributed by atoms with Crippen LogP contribution in [0.3, 0.4) is 0 Å². The van der Waals surface area contributed by atoms with Crippen LogP contribution in [0.25, 0.3) is 10.9 Å². The molecule has 172 valence electrons. The third-order valence-electron chi connectivity index (χ3n) is 6.66. The summed E-state index contributed by atoms with van der Waals surface area (Å²) in [6.07, 6.45) is 4.75. The summed E-state index contributed by atoms with van der Waals surface area (Å²) in [7, 11) is -3.13. The minimum Gasteiger partial charge on any atom is -0.452 e. The van der Waals surface area contributed by atoms with Gasteiger partial charge in [-0.2, -0.15) is 0 Å². The third-order valence-corrected chi connectivity index (χ3v) is 8.41. The van der Waals surface area contributed by atoms with Crippen molar-refractivity contribution >= 4 is 32.6 Å². The Bertz CT molecular complexity index is 1140. The second-order valence-electron chi connectivity index (χ2n) is 8.83. The molecule has 2 heterocycles. The Kier molecular flexibility index (Phi) is 6.51. The van der Waals surface area contributed by atoms with Crippen LogP contribution in [-0.2, 0) is 32.2 Å². The Balaban J connectivity index is 1.57. The van der Waals surface area contributed by atoms with Gasteiger partial charge < -0.3 is 9.64 Å². The lowest BCUT2D eigenvalue weighted by Crippen LogP contribution is -2.48. The molecule has 4 rings (SSSR count). The molecule has 1 fully saturated rings. The molecular weight excluding hydrogens is 428 g/mol. The van der Waals surface area contributed by atoms with Gasteiger partial charge in [-0.05, 0) is 57.1 Å². The van der Waals surface area contributed by atoms with Gasteiger partial charge in [0.15, 0.2) is 16.4 Å². The van der Waals surface area contributed by atoms with Crippen molar-refractivity contribution in [3.05, 3.63) is 41.1 Å². The van der Waals surface area contributed by atoms with Crippen LogP contribution in [0.4, 0.5) is 0 Å². The minimum atomic E-state index is -3.13. The van der Waals surface area contributed by atoms with E-state index in [1.165, 1.54) is 0 Å². The molecule has 0 bridgehead atoms. The maximum atomic E-state index is 13.2. The average Bonchev–Trinajstić information content (AvgIpc) is 3.14. The van der Waals surface area contributed by atoms with E-state index in [0.717, 1.165) is 47.8 Å². The van der Waals surface area contributed by atoms with Crippen LogP contribution in [0.5, 0.6) is 0 Å². The van der Waals surface area contributed by atoms with E-state index in [4.69, 9.17) is 9.72 Å². The summed E-state index contributed by atoms with van der Waals surface area (Å²) in [6, 6.07) is 7.02. The number of hydrogen-bond acceptors (Lipinski definition) is 6. The first-order chi connectivity index (χ1) is 15.3. The van der Waals surface area contributed by atoms with E-state index in [-0.39, 0.29) is 29.5 Å². The molecule has 8 heteroatoms. The van der Waals surface area contributed by atoms with Gasteiger partial charge in [0.1, 0.15) is 0 Å². The van der Waals surface area contributed by atoms with Gasteiger partial charge in [-0.15, -0.1) is 0 Å². The number of aromatic nitrogens is 1. The predicted molar refractivity (Wildman–Crippen MR) is 122 cm³/mol. The molecule has 2 atom stereocenters. The fourth-order valence-electron chi connectivity index (χ4n) is 4.88. The predicted octanol–water partition coefficient (Wildman–Crippen LogP) is 3.08. The molecule has 1 aromatic carbocycles. The molecule has 1 aliphatic heterocycles. The number of aryl methyl sites for hydroxylation is 1. The number of para-hydroxylation sites is 1. The zero-order valence-corrected chi connectivity index (χ0v) is 19.5. The Morgan fingerprint density at radius 2 is 1.97 bits per heavy atom. The number of carbonyl (C=O) groups excluding carboxylic acids is 2. The summed E-state index contributed by atoms with van der Waals surface area (Å²) in [5.41, 5.74) is 3.12. The van der Waals surface area contributed by atoms with Gasteiger partial charge in [0, 0.05) is 23.2 Å². The number of sulfone groups is 1. The summed E-state index contributed by atoms with van der Waals surface area (Å²) >= 11 is 0. The molecule has 0 spiro atoms. The molecule has 1 saturated heterocycles. The zero-order chi connectivity index (χ0) is 22.9. The quantitative estimate of drug-likeness (QED) is 0.618. The number of hydrogen-bond donors (Lipinski definition) is 0. The highest BCUT2D eigenvalue weighted by molar-refractivity contribution is 7.91. The maximum absolute atomic E-state index is 13.2. The van der Waals surface area contributed by atoms with Gasteiger partial charge in [0.2, 0.25) is 0 Å². The number of ether oxygens (including phenoxy) is 1. The van der Waals surface area contributed by atoms with Crippen molar-refractivity contribution in [1.82, 2.24) is 9.88 Å². The lowest BCUT2D eigenvalue weighted by Gasteiger charge is -2.33. The number of esters is 1. The zero-order valence-electron chi connectivity index (χ0n) is 18.7. The Morgan fingerprint density at radius 1 is 1.22 bits per heavy atom. The Morgan fingerprint density at radius 3 is 2.69 bits per heavy atom. The van der Waals surface area contributed by atoms with Crippen molar-refractivity contribution in [3.63, 3.8) is 0 Å². The van der Waals surface area contributed by atoms with Crippen LogP contribution in [0.2, 0.25) is 0 Å². The standard InChI is InChI=1S/C24H30N2O5S/c1-3-16(2)26(17-12-13-32(29,30)15-17)22(27)14-31-24(28)23-18-8-4-6-10-20(18)25-21-11-7-5-9-19(21)23/h4,6,8,10,16-17H,3,5,7,9,11-15H2,1-2H3/t16-,17+/m0/s1. The smallest absolute Gasteiger partial charge is 0.339 e. The van der Waals surface area contributed by atoms with E-state index in [1.54, 1.807) is 4.90 Å². The molecule has 32 heavy (non-hydrogen) atoms. The first kappa shape index (κ1) is 22.7. The van der Waals surface area contributed by atoms with Gasteiger partial charge in [0.25, 0.3) is 5.91 Å². The molecule has 0 N–H and O–H groups in total. The monoisotopic (exact) mass is 458 g/mol. The molecule has 1 aromatic heterocycles. The maximum Gasteiger partial charge on any atom is 0.339 e. The Labute approximate surface area is 189 Å². The van der Waals surface area contributed by atoms with Crippen LogP contribution < -0.4 is 0 Å². The van der Waals surface area contributed by atoms with Crippen molar-refractivity contribution in [2.45, 2.75) is 64.5 Å². The van der Waals surface area contributed by atoms with Crippen molar-refractivity contribution in [2.75, 3.05) is 18.1 Å². The van der Waals surface area contributed by atoms with Gasteiger partial charge in [0.05, 0.1) is 22.6 Å². The van der Waals surface area contributed by atoms with Gasteiger partial charge in [-0.25, -0.2) is 13.2 Å². The SMILES string of the molecule is CC[C@H](C)N(C(=O)COC(=O)c1c2c(nc3ccccc13)CCCC2)[C@@H]1CCS(=O)(=O)C1. The van der Waals surface area contributed by atoms with E-state index in [1.807, 2.05) is 38.1 Å². The second kappa shape index (κ2) is 9.17. The van der Waals surface area contributed by atoms with Gasteiger partial charge in [-0.3, -0.25) is 9.78 Å². The molecule has 0 unspecified atom stereocenters. The number of nitrogens with zero attached hydrogens (tertiary/aromatic N) is 2. The van der Waals surface area contributed by atoms with Crippen LogP contribution in [-0.4, -0.2) is 60.4 Å². The molecule has 2 aromatic rings. The lowest BCUT2D eigenvalue weighted by atomic mass is 9.90. The van der Waals surface area contributed by atoms with Gasteiger partial charge >= 0.3 is 5.97 Å². The summed E-state index contributed by atoms with van der Waals surface area (Å²) in [5.74, 6) is -0.799. The number of fused-ring (bicyclic) bond motifs is 2. The third kappa shape index (κ3) is 4.51. The molecule has 1 amide bonds.